The van der Waals surface area contributed by atoms with E-state index in [-0.39, 0.29) is 0 Å². The number of hydrogen-bond acceptors (Lipinski definition) is 2. The molecule has 0 saturated carbocycles. The fourth-order valence-corrected chi connectivity index (χ4v) is 4.76. The Balaban J connectivity index is 0.00000596. The Hall–Kier alpha value is -1.64. The van der Waals surface area contributed by atoms with Gasteiger partial charge in [-0.1, -0.05) is 70.4 Å². The molecule has 2 atom stereocenters. The van der Waals surface area contributed by atoms with Crippen molar-refractivity contribution >= 4 is 0 Å². The molecule has 0 fully saturated rings. The van der Waals surface area contributed by atoms with E-state index in [0.29, 0.717) is 18.4 Å². The van der Waals surface area contributed by atoms with Crippen LogP contribution in [-0.4, -0.2) is 23.9 Å². The van der Waals surface area contributed by atoms with E-state index < -0.39 is 0 Å². The van der Waals surface area contributed by atoms with Gasteiger partial charge in [-0.05, 0) is 130 Å². The second-order valence-electron chi connectivity index (χ2n) is 11.1. The van der Waals surface area contributed by atoms with Crippen LogP contribution in [0.2, 0.25) is 0 Å². The van der Waals surface area contributed by atoms with Gasteiger partial charge in [0.1, 0.15) is 0 Å². The van der Waals surface area contributed by atoms with Gasteiger partial charge in [-0.3, -0.25) is 0 Å². The van der Waals surface area contributed by atoms with Crippen molar-refractivity contribution in [3.05, 3.63) is 70.4 Å². The summed E-state index contributed by atoms with van der Waals surface area (Å²) in [5, 5.41) is 16.9. The monoisotopic (exact) mass is 498 g/mol. The zero-order chi connectivity index (χ0) is 27.3. The maximum Gasteiger partial charge on any atom is 0.0465 e. The number of allylic oxidation sites excluding steroid dienone is 11. The van der Waals surface area contributed by atoms with Crippen molar-refractivity contribution in [2.45, 2.75) is 119 Å². The van der Waals surface area contributed by atoms with Crippen molar-refractivity contribution in [1.82, 2.24) is 0 Å². The molecule has 0 heterocycles. The standard InChI is InChI=1S/C33H54O.CH4O/c1-26(2)12-8-14-28(5)16-10-17-30(7)20-22-32-24-31(21-23-33(32)25-34)19-11-18-29(6)15-9-13-27(3)4;1-2/h12-13,16,18,24,32-34H,7-11,14-15,17,19-23,25H2,1-6H3;2H,1H3/b28-16+,29-18+;. The molecule has 0 spiro atoms. The Kier molecular flexibility index (Phi) is 20.5. The molecular weight excluding hydrogens is 440 g/mol. The van der Waals surface area contributed by atoms with E-state index in [9.17, 15) is 5.11 Å². The lowest BCUT2D eigenvalue weighted by atomic mass is 9.77. The average Bonchev–Trinajstić information content (AvgIpc) is 2.83. The first kappa shape index (κ1) is 34.4. The largest absolute Gasteiger partial charge is 0.400 e. The Labute approximate surface area is 224 Å². The summed E-state index contributed by atoms with van der Waals surface area (Å²) in [7, 11) is 1.00. The van der Waals surface area contributed by atoms with Gasteiger partial charge >= 0.3 is 0 Å². The number of rotatable bonds is 16. The SMILES string of the molecule is C=C(CC/C=C(\C)CCC=C(C)C)CCC1C=C(CC/C=C(\C)CCC=C(C)C)CCC1CO.CO. The summed E-state index contributed by atoms with van der Waals surface area (Å²) < 4.78 is 0. The zero-order valence-corrected chi connectivity index (χ0v) is 24.8. The highest BCUT2D eigenvalue weighted by Gasteiger charge is 2.23. The molecule has 2 heteroatoms. The number of aliphatic hydroxyl groups excluding tert-OH is 2. The van der Waals surface area contributed by atoms with Crippen LogP contribution in [0.4, 0.5) is 0 Å². The first-order valence-corrected chi connectivity index (χ1v) is 14.2. The molecule has 0 aliphatic heterocycles. The molecule has 2 nitrogen and oxygen atoms in total. The molecule has 1 rings (SSSR count). The van der Waals surface area contributed by atoms with Gasteiger partial charge in [-0.25, -0.2) is 0 Å². The van der Waals surface area contributed by atoms with Gasteiger partial charge in [0, 0.05) is 13.7 Å². The van der Waals surface area contributed by atoms with Crippen LogP contribution in [0.1, 0.15) is 119 Å². The molecule has 36 heavy (non-hydrogen) atoms. The average molecular weight is 499 g/mol. The molecule has 1 aliphatic carbocycles. The van der Waals surface area contributed by atoms with Gasteiger partial charge < -0.3 is 10.2 Å². The third-order valence-corrected chi connectivity index (χ3v) is 7.09. The second kappa shape index (κ2) is 21.4. The van der Waals surface area contributed by atoms with Crippen LogP contribution in [-0.2, 0) is 0 Å². The lowest BCUT2D eigenvalue weighted by molar-refractivity contribution is 0.174. The molecule has 0 aromatic carbocycles. The first-order chi connectivity index (χ1) is 17.2. The van der Waals surface area contributed by atoms with Gasteiger partial charge in [0.25, 0.3) is 0 Å². The summed E-state index contributed by atoms with van der Waals surface area (Å²) in [6, 6.07) is 0. The van der Waals surface area contributed by atoms with E-state index in [0.717, 1.165) is 71.3 Å². The van der Waals surface area contributed by atoms with Gasteiger partial charge in [-0.2, -0.15) is 0 Å². The van der Waals surface area contributed by atoms with Gasteiger partial charge in [-0.15, -0.1) is 0 Å². The van der Waals surface area contributed by atoms with Gasteiger partial charge in [0.15, 0.2) is 0 Å². The minimum Gasteiger partial charge on any atom is -0.400 e. The maximum atomic E-state index is 9.91. The predicted molar refractivity (Wildman–Crippen MR) is 161 cm³/mol. The predicted octanol–water partition coefficient (Wildman–Crippen LogP) is 9.82. The third-order valence-electron chi connectivity index (χ3n) is 7.09. The molecule has 0 radical (unpaired) electrons. The van der Waals surface area contributed by atoms with Crippen molar-refractivity contribution in [3.8, 4) is 0 Å². The quantitative estimate of drug-likeness (QED) is 0.208. The minimum atomic E-state index is 0.317. The first-order valence-electron chi connectivity index (χ1n) is 14.2. The molecule has 0 aromatic heterocycles. The smallest absolute Gasteiger partial charge is 0.0465 e. The van der Waals surface area contributed by atoms with Crippen LogP contribution >= 0.6 is 0 Å². The second-order valence-corrected chi connectivity index (χ2v) is 11.1. The topological polar surface area (TPSA) is 40.5 Å². The van der Waals surface area contributed by atoms with E-state index in [1.54, 1.807) is 5.57 Å². The summed E-state index contributed by atoms with van der Waals surface area (Å²) in [5.74, 6) is 0.935. The highest BCUT2D eigenvalue weighted by atomic mass is 16.3. The van der Waals surface area contributed by atoms with E-state index in [1.807, 2.05) is 0 Å². The van der Waals surface area contributed by atoms with Crippen molar-refractivity contribution < 1.29 is 10.2 Å². The van der Waals surface area contributed by atoms with Gasteiger partial charge in [0.05, 0.1) is 0 Å². The van der Waals surface area contributed by atoms with E-state index >= 15 is 0 Å². The fourth-order valence-electron chi connectivity index (χ4n) is 4.76. The lowest BCUT2D eigenvalue weighted by Crippen LogP contribution is -2.21. The van der Waals surface area contributed by atoms with Crippen molar-refractivity contribution in [2.24, 2.45) is 11.8 Å². The van der Waals surface area contributed by atoms with Crippen molar-refractivity contribution in [1.29, 1.82) is 0 Å². The molecule has 1 aliphatic rings. The van der Waals surface area contributed by atoms with Crippen LogP contribution in [0.3, 0.4) is 0 Å². The van der Waals surface area contributed by atoms with Crippen LogP contribution in [0.25, 0.3) is 0 Å². The molecule has 2 N–H and O–H groups in total. The van der Waals surface area contributed by atoms with Crippen LogP contribution < -0.4 is 0 Å². The molecule has 0 aromatic rings. The molecule has 0 bridgehead atoms. The normalized spacial score (nSPS) is 18.1. The zero-order valence-electron chi connectivity index (χ0n) is 24.8. The Morgan fingerprint density at radius 3 is 1.86 bits per heavy atom. The molecule has 206 valence electrons. The molecule has 0 amide bonds. The molecule has 2 unspecified atom stereocenters. The van der Waals surface area contributed by atoms with Gasteiger partial charge in [0.2, 0.25) is 0 Å². The highest BCUT2D eigenvalue weighted by molar-refractivity contribution is 5.13. The minimum absolute atomic E-state index is 0.317. The Morgan fingerprint density at radius 1 is 0.806 bits per heavy atom. The van der Waals surface area contributed by atoms with E-state index in [2.05, 4.69) is 78.5 Å². The maximum absolute atomic E-state index is 9.91. The van der Waals surface area contributed by atoms with E-state index in [4.69, 9.17) is 5.11 Å². The number of aliphatic hydroxyl groups is 2. The van der Waals surface area contributed by atoms with E-state index in [1.165, 1.54) is 40.7 Å². The third kappa shape index (κ3) is 17.7. The van der Waals surface area contributed by atoms with Crippen molar-refractivity contribution in [3.63, 3.8) is 0 Å². The van der Waals surface area contributed by atoms with Crippen LogP contribution in [0.5, 0.6) is 0 Å². The summed E-state index contributed by atoms with van der Waals surface area (Å²) in [6.45, 7) is 17.9. The van der Waals surface area contributed by atoms with Crippen molar-refractivity contribution in [2.75, 3.05) is 13.7 Å². The molecular formula is C34H58O2. The summed E-state index contributed by atoms with van der Waals surface area (Å²) in [5.41, 5.74) is 8.78. The highest BCUT2D eigenvalue weighted by Crippen LogP contribution is 2.34. The summed E-state index contributed by atoms with van der Waals surface area (Å²) >= 11 is 0. The summed E-state index contributed by atoms with van der Waals surface area (Å²) in [4.78, 5) is 0. The Morgan fingerprint density at radius 2 is 1.33 bits per heavy atom. The van der Waals surface area contributed by atoms with Crippen LogP contribution in [0, 0.1) is 11.8 Å². The van der Waals surface area contributed by atoms with Crippen LogP contribution in [0.15, 0.2) is 70.4 Å². The summed E-state index contributed by atoms with van der Waals surface area (Å²) in [6.07, 6.45) is 25.7. The Bertz CT molecular complexity index is 752. The fraction of sp³-hybridized carbons (Fsp3) is 0.647. The lowest BCUT2D eigenvalue weighted by Gasteiger charge is -2.29. The number of hydrogen-bond donors (Lipinski definition) is 2. The molecule has 0 saturated heterocycles.